The first kappa shape index (κ1) is 28.9. The number of hydrogen-bond donors (Lipinski definition) is 1. The number of fused-ring (bicyclic) bond motifs is 2. The number of hydrogen-bond acceptors (Lipinski definition) is 8. The molecule has 1 aliphatic heterocycles. The predicted molar refractivity (Wildman–Crippen MR) is 169 cm³/mol. The molecule has 5 aromatic rings. The molecule has 9 nitrogen and oxygen atoms in total. The molecule has 1 N–H and O–H groups in total. The van der Waals surface area contributed by atoms with Gasteiger partial charge in [-0.15, -0.1) is 11.3 Å². The molecule has 0 bridgehead atoms. The number of aryl methyl sites for hydroxylation is 2. The van der Waals surface area contributed by atoms with E-state index in [2.05, 4.69) is 20.9 Å². The van der Waals surface area contributed by atoms with Gasteiger partial charge in [0.05, 0.1) is 49.5 Å². The first-order chi connectivity index (χ1) is 20.7. The van der Waals surface area contributed by atoms with Crippen molar-refractivity contribution < 1.29 is 14.6 Å². The van der Waals surface area contributed by atoms with Crippen LogP contribution in [0.15, 0.2) is 40.5 Å². The summed E-state index contributed by atoms with van der Waals surface area (Å²) in [4.78, 5) is 36.7. The van der Waals surface area contributed by atoms with Crippen LogP contribution in [0.5, 0.6) is 5.75 Å². The topological polar surface area (TPSA) is 121 Å². The van der Waals surface area contributed by atoms with Crippen molar-refractivity contribution in [3.63, 3.8) is 0 Å². The van der Waals surface area contributed by atoms with Crippen molar-refractivity contribution in [3.05, 3.63) is 78.8 Å². The van der Waals surface area contributed by atoms with Crippen molar-refractivity contribution in [2.24, 2.45) is 0 Å². The molecule has 4 heterocycles. The molecule has 3 aromatic heterocycles. The Bertz CT molecular complexity index is 2040. The number of rotatable bonds is 7. The number of carboxylic acid groups (broad SMARTS) is 1. The van der Waals surface area contributed by atoms with E-state index in [0.717, 1.165) is 31.5 Å². The van der Waals surface area contributed by atoms with Crippen LogP contribution >= 0.6 is 34.5 Å². The Morgan fingerprint density at radius 3 is 2.63 bits per heavy atom. The molecule has 1 fully saturated rings. The highest BCUT2D eigenvalue weighted by Gasteiger charge is 2.24. The quantitative estimate of drug-likeness (QED) is 0.207. The minimum absolute atomic E-state index is 0.120. The lowest BCUT2D eigenvalue weighted by Crippen LogP contribution is -2.28. The highest BCUT2D eigenvalue weighted by molar-refractivity contribution is 7.18. The summed E-state index contributed by atoms with van der Waals surface area (Å²) in [5, 5.41) is 22.5. The van der Waals surface area contributed by atoms with Crippen LogP contribution in [0.3, 0.4) is 0 Å². The zero-order valence-corrected chi connectivity index (χ0v) is 25.6. The number of anilines is 1. The van der Waals surface area contributed by atoms with Gasteiger partial charge in [0.2, 0.25) is 0 Å². The van der Waals surface area contributed by atoms with E-state index in [9.17, 15) is 20.0 Å². The lowest BCUT2D eigenvalue weighted by atomic mass is 10.0. The molecule has 0 unspecified atom stereocenters. The normalized spacial score (nSPS) is 13.1. The number of thiophene rings is 1. The van der Waals surface area contributed by atoms with Crippen molar-refractivity contribution in [3.8, 4) is 22.9 Å². The smallest absolute Gasteiger partial charge is 0.338 e. The van der Waals surface area contributed by atoms with Gasteiger partial charge in [0, 0.05) is 40.3 Å². The Morgan fingerprint density at radius 2 is 1.91 bits per heavy atom. The summed E-state index contributed by atoms with van der Waals surface area (Å²) < 4.78 is 8.44. The second kappa shape index (κ2) is 11.5. The minimum atomic E-state index is -1.04. The molecular formula is C31H25Cl2N5O4S. The van der Waals surface area contributed by atoms with E-state index >= 15 is 0 Å². The second-order valence-corrected chi connectivity index (χ2v) is 12.1. The molecule has 0 saturated carbocycles. The van der Waals surface area contributed by atoms with Crippen LogP contribution in [-0.2, 0) is 6.54 Å². The maximum atomic E-state index is 13.8. The molecule has 0 amide bonds. The summed E-state index contributed by atoms with van der Waals surface area (Å²) in [5.41, 5.74) is 3.51. The maximum absolute atomic E-state index is 13.8. The van der Waals surface area contributed by atoms with Crippen molar-refractivity contribution in [2.45, 2.75) is 33.2 Å². The Hall–Kier alpha value is -4.17. The van der Waals surface area contributed by atoms with E-state index in [0.29, 0.717) is 54.3 Å². The molecule has 1 saturated heterocycles. The molecule has 6 rings (SSSR count). The number of nitrogens with zero attached hydrogens (tertiary/aromatic N) is 5. The Kier molecular flexibility index (Phi) is 7.73. The van der Waals surface area contributed by atoms with Gasteiger partial charge >= 0.3 is 5.97 Å². The summed E-state index contributed by atoms with van der Waals surface area (Å²) in [6.07, 6.45) is 1.99. The maximum Gasteiger partial charge on any atom is 0.338 e. The number of ether oxygens (including phenoxy) is 1. The Balaban J connectivity index is 1.36. The van der Waals surface area contributed by atoms with Crippen LogP contribution in [0.4, 0.5) is 5.69 Å². The number of aromatic carboxylic acids is 1. The number of halogens is 2. The number of nitriles is 1. The van der Waals surface area contributed by atoms with E-state index in [4.69, 9.17) is 27.9 Å². The second-order valence-electron chi connectivity index (χ2n) is 10.3. The van der Waals surface area contributed by atoms with E-state index < -0.39 is 5.97 Å². The van der Waals surface area contributed by atoms with Crippen LogP contribution in [0, 0.1) is 25.2 Å². The Morgan fingerprint density at radius 1 is 1.14 bits per heavy atom. The van der Waals surface area contributed by atoms with Gasteiger partial charge in [-0.25, -0.2) is 9.78 Å². The molecule has 2 aromatic carbocycles. The fourth-order valence-electron chi connectivity index (χ4n) is 5.64. The molecule has 0 spiro atoms. The van der Waals surface area contributed by atoms with Gasteiger partial charge in [-0.1, -0.05) is 23.2 Å². The zero-order chi connectivity index (χ0) is 30.4. The lowest BCUT2D eigenvalue weighted by molar-refractivity contribution is 0.0699. The van der Waals surface area contributed by atoms with Gasteiger partial charge in [0.15, 0.2) is 0 Å². The third-order valence-electron chi connectivity index (χ3n) is 7.58. The summed E-state index contributed by atoms with van der Waals surface area (Å²) >= 11 is 14.3. The number of aromatic nitrogens is 3. The summed E-state index contributed by atoms with van der Waals surface area (Å²) in [6.45, 7) is 5.38. The molecule has 1 aliphatic rings. The number of carbonyl (C=O) groups is 1. The van der Waals surface area contributed by atoms with Crippen LogP contribution in [0.2, 0.25) is 10.0 Å². The predicted octanol–water partition coefficient (Wildman–Crippen LogP) is 6.85. The Labute approximate surface area is 260 Å². The van der Waals surface area contributed by atoms with Gasteiger partial charge in [-0.2, -0.15) is 5.26 Å². The van der Waals surface area contributed by atoms with E-state index in [-0.39, 0.29) is 35.2 Å². The van der Waals surface area contributed by atoms with Crippen LogP contribution in [0.25, 0.3) is 32.2 Å². The van der Waals surface area contributed by atoms with Gasteiger partial charge in [-0.05, 0) is 57.0 Å². The van der Waals surface area contributed by atoms with Crippen LogP contribution in [0.1, 0.15) is 40.3 Å². The van der Waals surface area contributed by atoms with Gasteiger partial charge in [-0.3, -0.25) is 14.3 Å². The SMILES string of the molecule is Cc1cc(-c2cc(Cl)ccc2OCCn2c(C)nc3cc(Cl)c(N4CCCC4)c(C#N)c3c2=O)c2scc(C(=O)O)c2n1. The van der Waals surface area contributed by atoms with Crippen molar-refractivity contribution in [1.29, 1.82) is 5.26 Å². The summed E-state index contributed by atoms with van der Waals surface area (Å²) in [7, 11) is 0. The lowest BCUT2D eigenvalue weighted by Gasteiger charge is -2.22. The van der Waals surface area contributed by atoms with Gasteiger partial charge in [0.25, 0.3) is 5.56 Å². The van der Waals surface area contributed by atoms with Gasteiger partial charge in [0.1, 0.15) is 24.3 Å². The third kappa shape index (κ3) is 5.18. The molecule has 12 heteroatoms. The number of pyridine rings is 1. The molecule has 0 aliphatic carbocycles. The molecular weight excluding hydrogens is 609 g/mol. The largest absolute Gasteiger partial charge is 0.491 e. The average Bonchev–Trinajstić information content (AvgIpc) is 3.65. The highest BCUT2D eigenvalue weighted by Crippen LogP contribution is 2.40. The highest BCUT2D eigenvalue weighted by atomic mass is 35.5. The van der Waals surface area contributed by atoms with Crippen LogP contribution in [-0.4, -0.2) is 45.3 Å². The first-order valence-corrected chi connectivity index (χ1v) is 15.2. The molecule has 0 atom stereocenters. The van der Waals surface area contributed by atoms with Crippen molar-refractivity contribution in [1.82, 2.24) is 14.5 Å². The zero-order valence-electron chi connectivity index (χ0n) is 23.3. The fraction of sp³-hybridized carbons (Fsp3) is 0.258. The van der Waals surface area contributed by atoms with Crippen molar-refractivity contribution in [2.75, 3.05) is 24.6 Å². The molecule has 0 radical (unpaired) electrons. The molecule has 218 valence electrons. The number of carboxylic acids is 1. The average molecular weight is 635 g/mol. The van der Waals surface area contributed by atoms with E-state index in [1.807, 2.05) is 6.07 Å². The standard InChI is InChI=1S/C31H25Cl2N5O4S/c1-16-11-20(29-27(35-16)22(15-43-29)31(40)41)19-12-18(32)5-6-25(19)42-10-9-38-17(2)36-24-13-23(33)28(37-7-3-4-8-37)21(14-34)26(24)30(38)39/h5-6,11-13,15H,3-4,7-10H2,1-2H3,(H,40,41). The van der Waals surface area contributed by atoms with Crippen LogP contribution < -0.4 is 15.2 Å². The van der Waals surface area contributed by atoms with E-state index in [1.54, 1.807) is 43.5 Å². The molecule has 43 heavy (non-hydrogen) atoms. The third-order valence-corrected chi connectivity index (χ3v) is 9.11. The minimum Gasteiger partial charge on any atom is -0.491 e. The number of benzene rings is 2. The fourth-order valence-corrected chi connectivity index (χ4v) is 7.14. The van der Waals surface area contributed by atoms with Crippen molar-refractivity contribution >= 4 is 67.3 Å². The summed E-state index contributed by atoms with van der Waals surface area (Å²) in [5.74, 6) is -0.0588. The summed E-state index contributed by atoms with van der Waals surface area (Å²) in [6, 6.07) is 11.0. The van der Waals surface area contributed by atoms with E-state index in [1.165, 1.54) is 15.9 Å². The first-order valence-electron chi connectivity index (χ1n) is 13.6. The monoisotopic (exact) mass is 633 g/mol. The van der Waals surface area contributed by atoms with Gasteiger partial charge < -0.3 is 14.7 Å².